The van der Waals surface area contributed by atoms with E-state index in [0.717, 1.165) is 30.3 Å². The lowest BCUT2D eigenvalue weighted by molar-refractivity contribution is 0.0511. The molecule has 0 saturated carbocycles. The molecule has 1 aromatic carbocycles. The van der Waals surface area contributed by atoms with Gasteiger partial charge in [-0.05, 0) is 36.4 Å². The highest BCUT2D eigenvalue weighted by molar-refractivity contribution is 7.99. The van der Waals surface area contributed by atoms with Crippen molar-refractivity contribution in [3.63, 3.8) is 0 Å². The summed E-state index contributed by atoms with van der Waals surface area (Å²) in [6.07, 6.45) is 4.64. The minimum atomic E-state index is -0.0108. The van der Waals surface area contributed by atoms with Crippen molar-refractivity contribution >= 4 is 11.8 Å². The van der Waals surface area contributed by atoms with Crippen molar-refractivity contribution in [2.75, 3.05) is 19.7 Å². The molecular formula is C15H20N2O3S. The predicted octanol–water partition coefficient (Wildman–Crippen LogP) is 2.54. The summed E-state index contributed by atoms with van der Waals surface area (Å²) in [7, 11) is 1.60. The van der Waals surface area contributed by atoms with Crippen molar-refractivity contribution < 1.29 is 14.6 Å². The van der Waals surface area contributed by atoms with Crippen LogP contribution >= 0.6 is 11.8 Å². The van der Waals surface area contributed by atoms with Crippen molar-refractivity contribution in [1.29, 1.82) is 0 Å². The Morgan fingerprint density at radius 3 is 2.81 bits per heavy atom. The van der Waals surface area contributed by atoms with Gasteiger partial charge >= 0.3 is 0 Å². The van der Waals surface area contributed by atoms with Crippen LogP contribution in [-0.2, 0) is 17.9 Å². The third kappa shape index (κ3) is 5.08. The molecule has 0 saturated heterocycles. The number of rotatable bonds is 9. The van der Waals surface area contributed by atoms with E-state index in [2.05, 4.69) is 4.98 Å². The first-order valence-electron chi connectivity index (χ1n) is 6.79. The molecule has 0 spiro atoms. The summed E-state index contributed by atoms with van der Waals surface area (Å²) in [6.45, 7) is 1.13. The molecule has 0 aliphatic rings. The van der Waals surface area contributed by atoms with Crippen molar-refractivity contribution in [3.8, 4) is 5.75 Å². The molecule has 0 fully saturated rings. The molecule has 21 heavy (non-hydrogen) atoms. The van der Waals surface area contributed by atoms with E-state index in [4.69, 9.17) is 14.6 Å². The highest BCUT2D eigenvalue weighted by Crippen LogP contribution is 2.22. The Kier molecular flexibility index (Phi) is 6.59. The lowest BCUT2D eigenvalue weighted by Crippen LogP contribution is -2.03. The molecule has 1 N–H and O–H groups in total. The van der Waals surface area contributed by atoms with Gasteiger partial charge in [0.1, 0.15) is 18.2 Å². The van der Waals surface area contributed by atoms with Crippen LogP contribution in [0.25, 0.3) is 0 Å². The Labute approximate surface area is 128 Å². The zero-order valence-corrected chi connectivity index (χ0v) is 12.9. The van der Waals surface area contributed by atoms with Crippen molar-refractivity contribution in [2.45, 2.75) is 24.5 Å². The molecule has 2 aromatic rings. The van der Waals surface area contributed by atoms with Crippen LogP contribution in [0.2, 0.25) is 0 Å². The summed E-state index contributed by atoms with van der Waals surface area (Å²) in [5.74, 6) is 2.55. The predicted molar refractivity (Wildman–Crippen MR) is 82.4 cm³/mol. The number of benzene rings is 1. The van der Waals surface area contributed by atoms with E-state index in [1.54, 1.807) is 25.1 Å². The van der Waals surface area contributed by atoms with Crippen LogP contribution in [0, 0.1) is 0 Å². The maximum atomic E-state index is 9.12. The Morgan fingerprint density at radius 1 is 1.29 bits per heavy atom. The number of imidazole rings is 1. The van der Waals surface area contributed by atoms with Gasteiger partial charge in [0.05, 0.1) is 0 Å². The van der Waals surface area contributed by atoms with Crippen LogP contribution in [0.4, 0.5) is 0 Å². The number of thioether (sulfide) groups is 1. The molecule has 1 aromatic heterocycles. The number of hydrogen-bond acceptors (Lipinski definition) is 5. The normalized spacial score (nSPS) is 10.8. The number of hydrogen-bond donors (Lipinski definition) is 1. The van der Waals surface area contributed by atoms with Gasteiger partial charge in [-0.2, -0.15) is 0 Å². The van der Waals surface area contributed by atoms with Crippen molar-refractivity contribution in [1.82, 2.24) is 9.55 Å². The summed E-state index contributed by atoms with van der Waals surface area (Å²) < 4.78 is 12.2. The average molecular weight is 308 g/mol. The summed E-state index contributed by atoms with van der Waals surface area (Å²) in [5, 5.41) is 9.12. The fourth-order valence-corrected chi connectivity index (χ4v) is 2.72. The van der Waals surface area contributed by atoms with Gasteiger partial charge in [0.15, 0.2) is 6.79 Å². The highest BCUT2D eigenvalue weighted by atomic mass is 32.2. The summed E-state index contributed by atoms with van der Waals surface area (Å²) in [5.41, 5.74) is 0. The highest BCUT2D eigenvalue weighted by Gasteiger charge is 2.01. The van der Waals surface area contributed by atoms with E-state index in [0.29, 0.717) is 0 Å². The zero-order valence-electron chi connectivity index (χ0n) is 12.1. The summed E-state index contributed by atoms with van der Waals surface area (Å²) in [4.78, 5) is 5.30. The fraction of sp³-hybridized carbons (Fsp3) is 0.400. The second-order valence-corrected chi connectivity index (χ2v) is 5.59. The van der Waals surface area contributed by atoms with Crippen LogP contribution in [0.5, 0.6) is 5.75 Å². The molecule has 5 nitrogen and oxygen atoms in total. The lowest BCUT2D eigenvalue weighted by Gasteiger charge is -2.07. The van der Waals surface area contributed by atoms with Crippen LogP contribution in [-0.4, -0.2) is 34.3 Å². The third-order valence-corrected chi connectivity index (χ3v) is 4.02. The molecule has 0 amide bonds. The van der Waals surface area contributed by atoms with E-state index < -0.39 is 0 Å². The minimum Gasteiger partial charge on any atom is -0.468 e. The first-order valence-corrected chi connectivity index (χ1v) is 7.77. The number of methoxy groups -OCH3 is 1. The van der Waals surface area contributed by atoms with Crippen molar-refractivity contribution in [3.05, 3.63) is 42.5 Å². The van der Waals surface area contributed by atoms with Crippen LogP contribution in [0.15, 0.2) is 41.6 Å². The zero-order chi connectivity index (χ0) is 14.9. The monoisotopic (exact) mass is 308 g/mol. The van der Waals surface area contributed by atoms with E-state index in [1.165, 1.54) is 4.90 Å². The Morgan fingerprint density at radius 2 is 2.10 bits per heavy atom. The molecule has 114 valence electrons. The number of aliphatic hydroxyl groups is 1. The molecule has 6 heteroatoms. The van der Waals surface area contributed by atoms with Gasteiger partial charge in [-0.15, -0.1) is 11.8 Å². The molecule has 2 rings (SSSR count). The van der Waals surface area contributed by atoms with E-state index in [9.17, 15) is 0 Å². The second-order valence-electron chi connectivity index (χ2n) is 4.42. The molecule has 0 atom stereocenters. The van der Waals surface area contributed by atoms with Crippen LogP contribution in [0.1, 0.15) is 12.2 Å². The van der Waals surface area contributed by atoms with Crippen molar-refractivity contribution in [2.24, 2.45) is 0 Å². The molecular weight excluding hydrogens is 288 g/mol. The van der Waals surface area contributed by atoms with E-state index in [1.807, 2.05) is 35.0 Å². The number of ether oxygens (including phenoxy) is 2. The Balaban J connectivity index is 1.71. The molecule has 0 aliphatic carbocycles. The summed E-state index contributed by atoms with van der Waals surface area (Å²) in [6, 6.07) is 7.99. The molecule has 0 unspecified atom stereocenters. The second kappa shape index (κ2) is 8.71. The van der Waals surface area contributed by atoms with Gasteiger partial charge in [0, 0.05) is 30.9 Å². The minimum absolute atomic E-state index is 0.0108. The fourth-order valence-electron chi connectivity index (χ4n) is 1.88. The molecule has 0 bridgehead atoms. The smallest absolute Gasteiger partial charge is 0.188 e. The van der Waals surface area contributed by atoms with E-state index in [-0.39, 0.29) is 13.4 Å². The average Bonchev–Trinajstić information content (AvgIpc) is 2.98. The van der Waals surface area contributed by atoms with Gasteiger partial charge < -0.3 is 19.1 Å². The first kappa shape index (κ1) is 15.9. The van der Waals surface area contributed by atoms with Gasteiger partial charge in [-0.25, -0.2) is 4.98 Å². The van der Waals surface area contributed by atoms with Crippen LogP contribution < -0.4 is 4.74 Å². The lowest BCUT2D eigenvalue weighted by atomic mass is 10.3. The molecule has 1 heterocycles. The maximum Gasteiger partial charge on any atom is 0.188 e. The van der Waals surface area contributed by atoms with Gasteiger partial charge in [0.2, 0.25) is 0 Å². The van der Waals surface area contributed by atoms with Gasteiger partial charge in [0.25, 0.3) is 0 Å². The molecule has 0 radical (unpaired) electrons. The SMILES string of the molecule is COCOc1ccc(SCCCn2ccnc2CO)cc1. The standard InChI is InChI=1S/C15H20N2O3S/c1-19-12-20-13-3-5-14(6-4-13)21-10-2-8-17-9-7-16-15(17)11-18/h3-7,9,18H,2,8,10-12H2,1H3. The topological polar surface area (TPSA) is 56.5 Å². The molecule has 0 aliphatic heterocycles. The van der Waals surface area contributed by atoms with Gasteiger partial charge in [-0.3, -0.25) is 0 Å². The first-order chi connectivity index (χ1) is 10.3. The largest absolute Gasteiger partial charge is 0.468 e. The van der Waals surface area contributed by atoms with Gasteiger partial charge in [-0.1, -0.05) is 0 Å². The van der Waals surface area contributed by atoms with Crippen LogP contribution in [0.3, 0.4) is 0 Å². The quantitative estimate of drug-likeness (QED) is 0.438. The number of aryl methyl sites for hydroxylation is 1. The maximum absolute atomic E-state index is 9.12. The van der Waals surface area contributed by atoms with E-state index >= 15 is 0 Å². The third-order valence-electron chi connectivity index (χ3n) is 2.92. The summed E-state index contributed by atoms with van der Waals surface area (Å²) >= 11 is 1.81. The number of aromatic nitrogens is 2. The Hall–Kier alpha value is -1.50. The Bertz CT molecular complexity index is 528. The number of nitrogens with zero attached hydrogens (tertiary/aromatic N) is 2. The number of aliphatic hydroxyl groups excluding tert-OH is 1.